The van der Waals surface area contributed by atoms with E-state index in [1.165, 1.54) is 6.20 Å². The smallest absolute Gasteiger partial charge is 0.249 e. The van der Waals surface area contributed by atoms with Gasteiger partial charge in [-0.3, -0.25) is 4.98 Å². The van der Waals surface area contributed by atoms with Crippen LogP contribution in [0.3, 0.4) is 0 Å². The molecule has 0 spiro atoms. The fourth-order valence-electron chi connectivity index (χ4n) is 1.14. The molecular formula is C9H9ClN4O. The van der Waals surface area contributed by atoms with Crippen LogP contribution in [0.2, 0.25) is 5.02 Å². The van der Waals surface area contributed by atoms with Crippen LogP contribution in [0.4, 0.5) is 0 Å². The lowest BCUT2D eigenvalue weighted by atomic mass is 10.3. The summed E-state index contributed by atoms with van der Waals surface area (Å²) in [6, 6.07) is 1.72. The molecule has 0 saturated heterocycles. The second-order valence-electron chi connectivity index (χ2n) is 2.90. The van der Waals surface area contributed by atoms with Crippen molar-refractivity contribution in [3.05, 3.63) is 29.4 Å². The minimum atomic E-state index is 0.394. The van der Waals surface area contributed by atoms with E-state index in [9.17, 15) is 0 Å². The molecule has 0 bridgehead atoms. The number of rotatable bonds is 3. The Labute approximate surface area is 91.3 Å². The molecule has 2 N–H and O–H groups in total. The predicted molar refractivity (Wildman–Crippen MR) is 55.3 cm³/mol. The molecule has 2 aromatic heterocycles. The zero-order chi connectivity index (χ0) is 10.7. The molecule has 2 heterocycles. The van der Waals surface area contributed by atoms with Gasteiger partial charge in [-0.1, -0.05) is 11.6 Å². The van der Waals surface area contributed by atoms with Gasteiger partial charge in [0.05, 0.1) is 10.6 Å². The van der Waals surface area contributed by atoms with Crippen molar-refractivity contribution in [1.29, 1.82) is 0 Å². The monoisotopic (exact) mass is 224 g/mol. The van der Waals surface area contributed by atoms with E-state index in [4.69, 9.17) is 21.8 Å². The summed E-state index contributed by atoms with van der Waals surface area (Å²) in [5.41, 5.74) is 6.06. The van der Waals surface area contributed by atoms with Crippen molar-refractivity contribution in [2.75, 3.05) is 6.54 Å². The van der Waals surface area contributed by atoms with Gasteiger partial charge in [0, 0.05) is 25.4 Å². The van der Waals surface area contributed by atoms with Gasteiger partial charge in [-0.15, -0.1) is 10.2 Å². The van der Waals surface area contributed by atoms with Gasteiger partial charge >= 0.3 is 0 Å². The second kappa shape index (κ2) is 4.37. The highest BCUT2D eigenvalue weighted by molar-refractivity contribution is 6.32. The van der Waals surface area contributed by atoms with Crippen LogP contribution < -0.4 is 5.73 Å². The molecule has 78 valence electrons. The van der Waals surface area contributed by atoms with E-state index in [2.05, 4.69) is 15.2 Å². The van der Waals surface area contributed by atoms with Crippen LogP contribution in [0.1, 0.15) is 5.89 Å². The van der Waals surface area contributed by atoms with E-state index >= 15 is 0 Å². The molecule has 5 nitrogen and oxygen atoms in total. The molecule has 6 heteroatoms. The summed E-state index contributed by atoms with van der Waals surface area (Å²) >= 11 is 5.93. The van der Waals surface area contributed by atoms with Crippen molar-refractivity contribution < 1.29 is 4.42 Å². The highest BCUT2D eigenvalue weighted by Gasteiger charge is 2.10. The average Bonchev–Trinajstić information content (AvgIpc) is 2.68. The molecule has 0 atom stereocenters. The van der Waals surface area contributed by atoms with Gasteiger partial charge < -0.3 is 10.2 Å². The first-order valence-corrected chi connectivity index (χ1v) is 4.81. The summed E-state index contributed by atoms with van der Waals surface area (Å²) in [5, 5.41) is 8.22. The quantitative estimate of drug-likeness (QED) is 0.850. The molecule has 0 saturated carbocycles. The highest BCUT2D eigenvalue weighted by atomic mass is 35.5. The first-order valence-electron chi connectivity index (χ1n) is 4.43. The van der Waals surface area contributed by atoms with E-state index in [-0.39, 0.29) is 0 Å². The summed E-state index contributed by atoms with van der Waals surface area (Å²) in [6.45, 7) is 0.478. The van der Waals surface area contributed by atoms with Gasteiger partial charge in [0.1, 0.15) is 0 Å². The number of aromatic nitrogens is 3. The van der Waals surface area contributed by atoms with E-state index in [0.717, 1.165) is 0 Å². The Hall–Kier alpha value is -1.46. The van der Waals surface area contributed by atoms with Crippen LogP contribution in [0.5, 0.6) is 0 Å². The summed E-state index contributed by atoms with van der Waals surface area (Å²) < 4.78 is 5.38. The lowest BCUT2D eigenvalue weighted by molar-refractivity contribution is 0.507. The average molecular weight is 225 g/mol. The van der Waals surface area contributed by atoms with Crippen molar-refractivity contribution in [1.82, 2.24) is 15.2 Å². The largest absolute Gasteiger partial charge is 0.421 e. The van der Waals surface area contributed by atoms with Crippen LogP contribution in [0, 0.1) is 0 Å². The predicted octanol–water partition coefficient (Wildman–Crippen LogP) is 1.29. The fourth-order valence-corrected chi connectivity index (χ4v) is 1.34. The number of nitrogens with two attached hydrogens (primary N) is 1. The maximum atomic E-state index is 5.93. The van der Waals surface area contributed by atoms with Crippen LogP contribution >= 0.6 is 11.6 Å². The SMILES string of the molecule is NCCc1nnc(-c2ccncc2Cl)o1. The number of hydrogen-bond acceptors (Lipinski definition) is 5. The molecule has 0 aliphatic rings. The standard InChI is InChI=1S/C9H9ClN4O/c10-7-5-12-4-2-6(7)9-14-13-8(15-9)1-3-11/h2,4-5H,1,3,11H2. The first-order chi connectivity index (χ1) is 7.31. The molecule has 15 heavy (non-hydrogen) atoms. The normalized spacial score (nSPS) is 10.5. The Morgan fingerprint density at radius 2 is 2.27 bits per heavy atom. The number of halogens is 1. The van der Waals surface area contributed by atoms with E-state index in [1.807, 2.05) is 0 Å². The van der Waals surface area contributed by atoms with Crippen molar-refractivity contribution >= 4 is 11.6 Å². The maximum absolute atomic E-state index is 5.93. The summed E-state index contributed by atoms with van der Waals surface area (Å²) in [6.07, 6.45) is 3.72. The molecule has 0 radical (unpaired) electrons. The third kappa shape index (κ3) is 2.14. The van der Waals surface area contributed by atoms with Gasteiger partial charge in [0.25, 0.3) is 0 Å². The van der Waals surface area contributed by atoms with Crippen molar-refractivity contribution in [2.45, 2.75) is 6.42 Å². The molecular weight excluding hydrogens is 216 g/mol. The van der Waals surface area contributed by atoms with Crippen LogP contribution in [-0.2, 0) is 6.42 Å². The van der Waals surface area contributed by atoms with Gasteiger partial charge in [-0.05, 0) is 6.07 Å². The van der Waals surface area contributed by atoms with Crippen molar-refractivity contribution in [2.24, 2.45) is 5.73 Å². The van der Waals surface area contributed by atoms with Gasteiger partial charge in [-0.2, -0.15) is 0 Å². The van der Waals surface area contributed by atoms with Gasteiger partial charge in [0.2, 0.25) is 11.8 Å². The summed E-state index contributed by atoms with van der Waals surface area (Å²) in [5.74, 6) is 0.909. The highest BCUT2D eigenvalue weighted by Crippen LogP contribution is 2.25. The van der Waals surface area contributed by atoms with E-state index in [1.54, 1.807) is 12.3 Å². The fraction of sp³-hybridized carbons (Fsp3) is 0.222. The lowest BCUT2D eigenvalue weighted by Crippen LogP contribution is -2.02. The van der Waals surface area contributed by atoms with Gasteiger partial charge in [-0.25, -0.2) is 0 Å². The third-order valence-electron chi connectivity index (χ3n) is 1.83. The summed E-state index contributed by atoms with van der Waals surface area (Å²) in [4.78, 5) is 3.87. The lowest BCUT2D eigenvalue weighted by Gasteiger charge is -1.95. The molecule has 0 fully saturated rings. The van der Waals surface area contributed by atoms with E-state index in [0.29, 0.717) is 35.3 Å². The van der Waals surface area contributed by atoms with Gasteiger partial charge in [0.15, 0.2) is 0 Å². The minimum absolute atomic E-state index is 0.394. The number of hydrogen-bond donors (Lipinski definition) is 1. The molecule has 2 aromatic rings. The molecule has 0 amide bonds. The third-order valence-corrected chi connectivity index (χ3v) is 2.13. The van der Waals surface area contributed by atoms with Crippen LogP contribution in [-0.4, -0.2) is 21.7 Å². The Balaban J connectivity index is 2.33. The second-order valence-corrected chi connectivity index (χ2v) is 3.30. The molecule has 2 rings (SSSR count). The maximum Gasteiger partial charge on any atom is 0.249 e. The first kappa shape index (κ1) is 10.1. The Morgan fingerprint density at radius 1 is 1.40 bits per heavy atom. The number of nitrogens with zero attached hydrogens (tertiary/aromatic N) is 3. The minimum Gasteiger partial charge on any atom is -0.421 e. The topological polar surface area (TPSA) is 77.8 Å². The Morgan fingerprint density at radius 3 is 3.00 bits per heavy atom. The number of pyridine rings is 1. The zero-order valence-electron chi connectivity index (χ0n) is 7.85. The van der Waals surface area contributed by atoms with E-state index < -0.39 is 0 Å². The van der Waals surface area contributed by atoms with Crippen LogP contribution in [0.25, 0.3) is 11.5 Å². The van der Waals surface area contributed by atoms with Crippen molar-refractivity contribution in [3.8, 4) is 11.5 Å². The summed E-state index contributed by atoms with van der Waals surface area (Å²) in [7, 11) is 0. The molecule has 0 unspecified atom stereocenters. The molecule has 0 aliphatic heterocycles. The van der Waals surface area contributed by atoms with Crippen molar-refractivity contribution in [3.63, 3.8) is 0 Å². The molecule has 0 aliphatic carbocycles. The van der Waals surface area contributed by atoms with Crippen LogP contribution in [0.15, 0.2) is 22.9 Å². The Kier molecular flexibility index (Phi) is 2.94. The zero-order valence-corrected chi connectivity index (χ0v) is 8.61. The molecule has 0 aromatic carbocycles. The Bertz CT molecular complexity index is 457.